The minimum Gasteiger partial charge on any atom is -0.356 e. The molecular formula is C20H27N3O2S2. The molecule has 146 valence electrons. The summed E-state index contributed by atoms with van der Waals surface area (Å²) in [5.41, 5.74) is 2.35. The van der Waals surface area contributed by atoms with Gasteiger partial charge in [-0.3, -0.25) is 4.99 Å². The van der Waals surface area contributed by atoms with Crippen LogP contribution in [-0.2, 0) is 16.3 Å². The van der Waals surface area contributed by atoms with Gasteiger partial charge in [0.05, 0.1) is 4.90 Å². The van der Waals surface area contributed by atoms with Crippen LogP contribution in [0.25, 0.3) is 0 Å². The summed E-state index contributed by atoms with van der Waals surface area (Å²) in [6.07, 6.45) is 2.01. The number of hydrogen-bond donors (Lipinski definition) is 2. The number of benzene rings is 2. The van der Waals surface area contributed by atoms with Crippen LogP contribution in [0.3, 0.4) is 0 Å². The number of aryl methyl sites for hydroxylation is 1. The first-order chi connectivity index (χ1) is 12.9. The highest BCUT2D eigenvalue weighted by Gasteiger charge is 2.06. The van der Waals surface area contributed by atoms with Gasteiger partial charge in [0.1, 0.15) is 0 Å². The maximum Gasteiger partial charge on any atom is 0.191 e. The van der Waals surface area contributed by atoms with Crippen LogP contribution < -0.4 is 10.6 Å². The van der Waals surface area contributed by atoms with Crippen LogP contribution in [0.4, 0.5) is 0 Å². The Balaban J connectivity index is 1.68. The molecule has 0 saturated carbocycles. The second-order valence-electron chi connectivity index (χ2n) is 6.25. The monoisotopic (exact) mass is 405 g/mol. The fourth-order valence-corrected chi connectivity index (χ4v) is 3.82. The van der Waals surface area contributed by atoms with Gasteiger partial charge in [-0.2, -0.15) is 0 Å². The van der Waals surface area contributed by atoms with E-state index in [-0.39, 0.29) is 0 Å². The van der Waals surface area contributed by atoms with Crippen molar-refractivity contribution < 1.29 is 8.42 Å². The molecular weight excluding hydrogens is 378 g/mol. The van der Waals surface area contributed by atoms with Crippen LogP contribution in [0.1, 0.15) is 11.1 Å². The lowest BCUT2D eigenvalue weighted by molar-refractivity contribution is 0.602. The van der Waals surface area contributed by atoms with Crippen LogP contribution in [-0.4, -0.2) is 46.5 Å². The number of hydrogen-bond acceptors (Lipinski definition) is 4. The molecule has 0 heterocycles. The summed E-state index contributed by atoms with van der Waals surface area (Å²) in [7, 11) is -1.39. The third-order valence-electron chi connectivity index (χ3n) is 3.97. The highest BCUT2D eigenvalue weighted by Crippen LogP contribution is 2.17. The molecule has 0 aliphatic carbocycles. The van der Waals surface area contributed by atoms with Crippen molar-refractivity contribution in [3.05, 3.63) is 59.7 Å². The zero-order valence-electron chi connectivity index (χ0n) is 16.0. The van der Waals surface area contributed by atoms with Gasteiger partial charge in [0.25, 0.3) is 0 Å². The molecule has 2 aromatic carbocycles. The van der Waals surface area contributed by atoms with Gasteiger partial charge in [-0.05, 0) is 43.2 Å². The number of rotatable bonds is 8. The van der Waals surface area contributed by atoms with Crippen molar-refractivity contribution in [3.8, 4) is 0 Å². The van der Waals surface area contributed by atoms with Gasteiger partial charge in [-0.1, -0.05) is 29.8 Å². The Morgan fingerprint density at radius 1 is 1.00 bits per heavy atom. The van der Waals surface area contributed by atoms with Crippen molar-refractivity contribution in [2.75, 3.05) is 32.1 Å². The van der Waals surface area contributed by atoms with E-state index in [2.05, 4.69) is 46.8 Å². The lowest BCUT2D eigenvalue weighted by Crippen LogP contribution is -2.39. The standard InChI is InChI=1S/C20H27N3O2S2/c1-16-4-8-18(9-5-16)26-15-14-23-20(21-2)22-13-12-17-6-10-19(11-7-17)27(3,24)25/h4-11H,12-15H2,1-3H3,(H2,21,22,23). The molecule has 7 heteroatoms. The molecule has 0 radical (unpaired) electrons. The van der Waals surface area contributed by atoms with Crippen LogP contribution in [0.2, 0.25) is 0 Å². The number of nitrogens with one attached hydrogen (secondary N) is 2. The average Bonchev–Trinajstić information content (AvgIpc) is 2.65. The van der Waals surface area contributed by atoms with Crippen molar-refractivity contribution in [3.63, 3.8) is 0 Å². The summed E-state index contributed by atoms with van der Waals surface area (Å²) in [5.74, 6) is 1.73. The molecule has 0 unspecified atom stereocenters. The second-order valence-corrected chi connectivity index (χ2v) is 9.44. The van der Waals surface area contributed by atoms with E-state index in [4.69, 9.17) is 0 Å². The van der Waals surface area contributed by atoms with E-state index in [9.17, 15) is 8.42 Å². The highest BCUT2D eigenvalue weighted by atomic mass is 32.2. The molecule has 2 rings (SSSR count). The fourth-order valence-electron chi connectivity index (χ4n) is 2.42. The van der Waals surface area contributed by atoms with Gasteiger partial charge in [0.2, 0.25) is 0 Å². The first-order valence-corrected chi connectivity index (χ1v) is 11.7. The van der Waals surface area contributed by atoms with Crippen molar-refractivity contribution in [2.24, 2.45) is 4.99 Å². The largest absolute Gasteiger partial charge is 0.356 e. The minimum absolute atomic E-state index is 0.350. The number of sulfone groups is 1. The maximum absolute atomic E-state index is 11.5. The third kappa shape index (κ3) is 7.64. The van der Waals surface area contributed by atoms with Crippen LogP contribution in [0.5, 0.6) is 0 Å². The van der Waals surface area contributed by atoms with E-state index in [0.717, 1.165) is 36.8 Å². The minimum atomic E-state index is -3.14. The maximum atomic E-state index is 11.5. The summed E-state index contributed by atoms with van der Waals surface area (Å²) in [6.45, 7) is 3.63. The summed E-state index contributed by atoms with van der Waals surface area (Å²) in [6, 6.07) is 15.5. The molecule has 0 fully saturated rings. The first kappa shape index (κ1) is 21.3. The Kier molecular flexibility index (Phi) is 8.19. The Hall–Kier alpha value is -1.99. The molecule has 5 nitrogen and oxygen atoms in total. The van der Waals surface area contributed by atoms with Crippen molar-refractivity contribution in [1.82, 2.24) is 10.6 Å². The van der Waals surface area contributed by atoms with Crippen molar-refractivity contribution >= 4 is 27.6 Å². The zero-order chi connectivity index (χ0) is 19.7. The molecule has 0 aliphatic rings. The zero-order valence-corrected chi connectivity index (χ0v) is 17.7. The molecule has 0 atom stereocenters. The lowest BCUT2D eigenvalue weighted by atomic mass is 10.1. The summed E-state index contributed by atoms with van der Waals surface area (Å²) < 4.78 is 23.0. The molecule has 2 aromatic rings. The molecule has 0 bridgehead atoms. The molecule has 0 aliphatic heterocycles. The van der Waals surface area contributed by atoms with E-state index in [0.29, 0.717) is 4.90 Å². The molecule has 0 saturated heterocycles. The smallest absolute Gasteiger partial charge is 0.191 e. The van der Waals surface area contributed by atoms with Crippen LogP contribution in [0.15, 0.2) is 63.3 Å². The van der Waals surface area contributed by atoms with Crippen molar-refractivity contribution in [1.29, 1.82) is 0 Å². The molecule has 0 amide bonds. The molecule has 0 aromatic heterocycles. The Morgan fingerprint density at radius 2 is 1.63 bits per heavy atom. The Labute approximate surface area is 166 Å². The number of thioether (sulfide) groups is 1. The SMILES string of the molecule is CN=C(NCCSc1ccc(C)cc1)NCCc1ccc(S(C)(=O)=O)cc1. The third-order valence-corrected chi connectivity index (χ3v) is 6.11. The predicted molar refractivity (Wildman–Crippen MR) is 115 cm³/mol. The first-order valence-electron chi connectivity index (χ1n) is 8.81. The van der Waals surface area contributed by atoms with Gasteiger partial charge in [0, 0.05) is 37.0 Å². The summed E-state index contributed by atoms with van der Waals surface area (Å²) in [4.78, 5) is 5.84. The van der Waals surface area contributed by atoms with Gasteiger partial charge in [0.15, 0.2) is 15.8 Å². The Bertz CT molecular complexity index is 846. The normalized spacial score (nSPS) is 12.0. The van der Waals surface area contributed by atoms with Gasteiger partial charge in [-0.25, -0.2) is 8.42 Å². The average molecular weight is 406 g/mol. The van der Waals surface area contributed by atoms with Crippen LogP contribution >= 0.6 is 11.8 Å². The predicted octanol–water partition coefficient (Wildman–Crippen LogP) is 2.90. The molecule has 27 heavy (non-hydrogen) atoms. The van der Waals surface area contributed by atoms with Gasteiger partial charge >= 0.3 is 0 Å². The molecule has 0 spiro atoms. The Morgan fingerprint density at radius 3 is 2.22 bits per heavy atom. The van der Waals surface area contributed by atoms with Crippen LogP contribution in [0, 0.1) is 6.92 Å². The molecule has 2 N–H and O–H groups in total. The van der Waals surface area contributed by atoms with Gasteiger partial charge in [-0.15, -0.1) is 11.8 Å². The second kappa shape index (κ2) is 10.4. The lowest BCUT2D eigenvalue weighted by Gasteiger charge is -2.12. The van der Waals surface area contributed by atoms with E-state index >= 15 is 0 Å². The van der Waals surface area contributed by atoms with E-state index in [1.54, 1.807) is 19.2 Å². The number of guanidine groups is 1. The number of aliphatic imine (C=N–C) groups is 1. The quantitative estimate of drug-likeness (QED) is 0.306. The highest BCUT2D eigenvalue weighted by molar-refractivity contribution is 7.99. The van der Waals surface area contributed by atoms with Crippen molar-refractivity contribution in [2.45, 2.75) is 23.1 Å². The summed E-state index contributed by atoms with van der Waals surface area (Å²) in [5, 5.41) is 6.59. The summed E-state index contributed by atoms with van der Waals surface area (Å²) >= 11 is 1.81. The van der Waals surface area contributed by atoms with Gasteiger partial charge < -0.3 is 10.6 Å². The van der Waals surface area contributed by atoms with E-state index in [1.165, 1.54) is 16.7 Å². The fraction of sp³-hybridized carbons (Fsp3) is 0.350. The van der Waals surface area contributed by atoms with E-state index < -0.39 is 9.84 Å². The number of nitrogens with zero attached hydrogens (tertiary/aromatic N) is 1. The van der Waals surface area contributed by atoms with E-state index in [1.807, 2.05) is 23.9 Å². The topological polar surface area (TPSA) is 70.6 Å².